The van der Waals surface area contributed by atoms with Crippen LogP contribution >= 0.6 is 0 Å². The SMILES string of the molecule is CN(C(=O)OC(C)(C)C)C1CCC(c2ccc(CO)cc2)CC1. The summed E-state index contributed by atoms with van der Waals surface area (Å²) in [6, 6.07) is 8.49. The summed E-state index contributed by atoms with van der Waals surface area (Å²) >= 11 is 0. The number of rotatable bonds is 3. The maximum atomic E-state index is 12.2. The summed E-state index contributed by atoms with van der Waals surface area (Å²) in [5, 5.41) is 9.12. The zero-order valence-corrected chi connectivity index (χ0v) is 14.7. The molecule has 2 rings (SSSR count). The molecule has 0 aromatic heterocycles. The fraction of sp³-hybridized carbons (Fsp3) is 0.632. The minimum Gasteiger partial charge on any atom is -0.444 e. The summed E-state index contributed by atoms with van der Waals surface area (Å²) in [6.45, 7) is 5.77. The van der Waals surface area contributed by atoms with Crippen LogP contribution < -0.4 is 0 Å². The molecule has 1 amide bonds. The number of hydrogen-bond donors (Lipinski definition) is 1. The van der Waals surface area contributed by atoms with E-state index >= 15 is 0 Å². The lowest BCUT2D eigenvalue weighted by molar-refractivity contribution is 0.0183. The molecular weight excluding hydrogens is 290 g/mol. The van der Waals surface area contributed by atoms with Gasteiger partial charge in [0.05, 0.1) is 6.61 Å². The molecule has 0 spiro atoms. The van der Waals surface area contributed by atoms with Gasteiger partial charge in [-0.3, -0.25) is 0 Å². The molecule has 1 aromatic carbocycles. The molecule has 4 nitrogen and oxygen atoms in total. The van der Waals surface area contributed by atoms with Crippen molar-refractivity contribution in [2.75, 3.05) is 7.05 Å². The number of carbonyl (C=O) groups excluding carboxylic acids is 1. The highest BCUT2D eigenvalue weighted by molar-refractivity contribution is 5.68. The Bertz CT molecular complexity index is 510. The van der Waals surface area contributed by atoms with Crippen molar-refractivity contribution < 1.29 is 14.6 Å². The predicted octanol–water partition coefficient (Wildman–Crippen LogP) is 4.07. The van der Waals surface area contributed by atoms with Gasteiger partial charge in [0.1, 0.15) is 5.60 Å². The van der Waals surface area contributed by atoms with Crippen molar-refractivity contribution in [1.29, 1.82) is 0 Å². The second-order valence-electron chi connectivity index (χ2n) is 7.50. The first-order chi connectivity index (χ1) is 10.8. The maximum absolute atomic E-state index is 12.2. The first-order valence-corrected chi connectivity index (χ1v) is 8.45. The number of aliphatic hydroxyl groups is 1. The molecule has 1 N–H and O–H groups in total. The van der Waals surface area contributed by atoms with Gasteiger partial charge in [0.25, 0.3) is 0 Å². The summed E-state index contributed by atoms with van der Waals surface area (Å²) in [4.78, 5) is 13.9. The number of ether oxygens (including phenoxy) is 1. The Hall–Kier alpha value is -1.55. The van der Waals surface area contributed by atoms with Crippen molar-refractivity contribution in [3.8, 4) is 0 Å². The number of hydrogen-bond acceptors (Lipinski definition) is 3. The van der Waals surface area contributed by atoms with Gasteiger partial charge in [-0.2, -0.15) is 0 Å². The van der Waals surface area contributed by atoms with Gasteiger partial charge in [-0.05, 0) is 63.5 Å². The molecule has 0 bridgehead atoms. The molecule has 0 aliphatic heterocycles. The van der Waals surface area contributed by atoms with E-state index in [1.54, 1.807) is 4.90 Å². The second kappa shape index (κ2) is 7.35. The van der Waals surface area contributed by atoms with Gasteiger partial charge in [0, 0.05) is 13.1 Å². The van der Waals surface area contributed by atoms with Crippen LogP contribution in [-0.2, 0) is 11.3 Å². The molecule has 1 fully saturated rings. The highest BCUT2D eigenvalue weighted by Gasteiger charge is 2.29. The van der Waals surface area contributed by atoms with Gasteiger partial charge in [0.15, 0.2) is 0 Å². The van der Waals surface area contributed by atoms with Crippen LogP contribution in [0.25, 0.3) is 0 Å². The van der Waals surface area contributed by atoms with Gasteiger partial charge in [-0.15, -0.1) is 0 Å². The van der Waals surface area contributed by atoms with Crippen LogP contribution in [0.2, 0.25) is 0 Å². The van der Waals surface area contributed by atoms with Crippen molar-refractivity contribution in [1.82, 2.24) is 4.90 Å². The zero-order valence-electron chi connectivity index (χ0n) is 14.7. The van der Waals surface area contributed by atoms with Crippen molar-refractivity contribution in [3.05, 3.63) is 35.4 Å². The third-order valence-corrected chi connectivity index (χ3v) is 4.56. The molecule has 0 radical (unpaired) electrons. The minimum atomic E-state index is -0.447. The zero-order chi connectivity index (χ0) is 17.0. The Morgan fingerprint density at radius 1 is 1.17 bits per heavy atom. The van der Waals surface area contributed by atoms with E-state index in [-0.39, 0.29) is 18.7 Å². The first-order valence-electron chi connectivity index (χ1n) is 8.45. The van der Waals surface area contributed by atoms with Crippen LogP contribution in [0.1, 0.15) is 63.5 Å². The highest BCUT2D eigenvalue weighted by atomic mass is 16.6. The highest BCUT2D eigenvalue weighted by Crippen LogP contribution is 2.34. The van der Waals surface area contributed by atoms with E-state index in [4.69, 9.17) is 9.84 Å². The smallest absolute Gasteiger partial charge is 0.410 e. The largest absolute Gasteiger partial charge is 0.444 e. The molecule has 0 saturated heterocycles. The Morgan fingerprint density at radius 3 is 2.22 bits per heavy atom. The van der Waals surface area contributed by atoms with Crippen molar-refractivity contribution in [3.63, 3.8) is 0 Å². The number of benzene rings is 1. The lowest BCUT2D eigenvalue weighted by Crippen LogP contribution is -2.42. The van der Waals surface area contributed by atoms with Gasteiger partial charge in [-0.25, -0.2) is 4.79 Å². The third kappa shape index (κ3) is 4.96. The number of aliphatic hydroxyl groups excluding tert-OH is 1. The van der Waals surface area contributed by atoms with Crippen molar-refractivity contribution in [2.45, 2.75) is 70.6 Å². The molecule has 1 saturated carbocycles. The first kappa shape index (κ1) is 17.8. The minimum absolute atomic E-state index is 0.0910. The lowest BCUT2D eigenvalue weighted by Gasteiger charge is -2.35. The number of nitrogens with zero attached hydrogens (tertiary/aromatic N) is 1. The van der Waals surface area contributed by atoms with Crippen LogP contribution in [0, 0.1) is 0 Å². The Morgan fingerprint density at radius 2 is 1.74 bits per heavy atom. The lowest BCUT2D eigenvalue weighted by atomic mass is 9.81. The van der Waals surface area contributed by atoms with E-state index < -0.39 is 5.60 Å². The van der Waals surface area contributed by atoms with E-state index in [1.165, 1.54) is 5.56 Å². The molecule has 128 valence electrons. The van der Waals surface area contributed by atoms with Crippen molar-refractivity contribution >= 4 is 6.09 Å². The van der Waals surface area contributed by atoms with Crippen LogP contribution in [-0.4, -0.2) is 34.8 Å². The fourth-order valence-electron chi connectivity index (χ4n) is 3.17. The van der Waals surface area contributed by atoms with Crippen LogP contribution in [0.5, 0.6) is 0 Å². The molecule has 23 heavy (non-hydrogen) atoms. The topological polar surface area (TPSA) is 49.8 Å². The average molecular weight is 319 g/mol. The number of amides is 1. The van der Waals surface area contributed by atoms with E-state index in [9.17, 15) is 4.79 Å². The monoisotopic (exact) mass is 319 g/mol. The Labute approximate surface area is 139 Å². The normalized spacial score (nSPS) is 21.8. The molecule has 0 heterocycles. The molecule has 0 unspecified atom stereocenters. The van der Waals surface area contributed by atoms with E-state index in [0.717, 1.165) is 31.2 Å². The van der Waals surface area contributed by atoms with E-state index in [1.807, 2.05) is 40.0 Å². The van der Waals surface area contributed by atoms with Crippen molar-refractivity contribution in [2.24, 2.45) is 0 Å². The third-order valence-electron chi connectivity index (χ3n) is 4.56. The Kier molecular flexibility index (Phi) is 5.69. The summed E-state index contributed by atoms with van der Waals surface area (Å²) in [7, 11) is 1.84. The standard InChI is InChI=1S/C19H29NO3/c1-19(2,3)23-18(22)20(4)17-11-9-16(10-12-17)15-7-5-14(13-21)6-8-15/h5-8,16-17,21H,9-13H2,1-4H3. The van der Waals surface area contributed by atoms with Crippen LogP contribution in [0.4, 0.5) is 4.79 Å². The molecule has 1 aliphatic rings. The molecule has 1 aliphatic carbocycles. The second-order valence-corrected chi connectivity index (χ2v) is 7.50. The quantitative estimate of drug-likeness (QED) is 0.913. The van der Waals surface area contributed by atoms with E-state index in [2.05, 4.69) is 12.1 Å². The summed E-state index contributed by atoms with van der Waals surface area (Å²) in [5.41, 5.74) is 1.84. The van der Waals surface area contributed by atoms with Gasteiger partial charge in [-0.1, -0.05) is 24.3 Å². The fourth-order valence-corrected chi connectivity index (χ4v) is 3.17. The number of carbonyl (C=O) groups is 1. The molecule has 0 atom stereocenters. The summed E-state index contributed by atoms with van der Waals surface area (Å²) < 4.78 is 5.45. The maximum Gasteiger partial charge on any atom is 0.410 e. The van der Waals surface area contributed by atoms with Crippen LogP contribution in [0.15, 0.2) is 24.3 Å². The summed E-state index contributed by atoms with van der Waals surface area (Å²) in [6.07, 6.45) is 3.94. The molecule has 1 aromatic rings. The molecular formula is C19H29NO3. The van der Waals surface area contributed by atoms with Gasteiger partial charge in [0.2, 0.25) is 0 Å². The molecule has 4 heteroatoms. The Balaban J connectivity index is 1.88. The average Bonchev–Trinajstić information content (AvgIpc) is 2.53. The van der Waals surface area contributed by atoms with E-state index in [0.29, 0.717) is 5.92 Å². The predicted molar refractivity (Wildman–Crippen MR) is 91.4 cm³/mol. The van der Waals surface area contributed by atoms with Gasteiger partial charge >= 0.3 is 6.09 Å². The van der Waals surface area contributed by atoms with Gasteiger partial charge < -0.3 is 14.7 Å². The summed E-state index contributed by atoms with van der Waals surface area (Å²) in [5.74, 6) is 0.547. The van der Waals surface area contributed by atoms with Crippen LogP contribution in [0.3, 0.4) is 0 Å².